The minimum atomic E-state index is -1.28. The second-order valence-corrected chi connectivity index (χ2v) is 4.21. The lowest BCUT2D eigenvalue weighted by molar-refractivity contribution is -0.449. The zero-order chi connectivity index (χ0) is 12.1. The van der Waals surface area contributed by atoms with E-state index < -0.39 is 17.5 Å². The van der Waals surface area contributed by atoms with Gasteiger partial charge in [0, 0.05) is 13.3 Å². The van der Waals surface area contributed by atoms with Crippen LogP contribution in [0, 0.1) is 0 Å². The van der Waals surface area contributed by atoms with Crippen LogP contribution in [-0.4, -0.2) is 22.8 Å². The van der Waals surface area contributed by atoms with E-state index in [2.05, 4.69) is 9.62 Å². The largest absolute Gasteiger partial charge is 0.542 e. The molecule has 15 heavy (non-hydrogen) atoms. The highest BCUT2D eigenvalue weighted by atomic mass is 17.2. The van der Waals surface area contributed by atoms with Gasteiger partial charge in [-0.1, -0.05) is 6.92 Å². The number of carbonyl (C=O) groups excluding carboxylic acids is 1. The first-order chi connectivity index (χ1) is 6.72. The van der Waals surface area contributed by atoms with Crippen LogP contribution in [0.25, 0.3) is 0 Å². The molecule has 0 fully saturated rings. The highest BCUT2D eigenvalue weighted by Gasteiger charge is 2.32. The molecule has 0 aromatic carbocycles. The van der Waals surface area contributed by atoms with E-state index in [-0.39, 0.29) is 0 Å². The summed E-state index contributed by atoms with van der Waals surface area (Å²) < 4.78 is 4.67. The molecule has 0 aromatic rings. The van der Waals surface area contributed by atoms with Crippen molar-refractivity contribution in [2.75, 3.05) is 0 Å². The number of rotatable bonds is 4. The fourth-order valence-electron chi connectivity index (χ4n) is 0.556. The van der Waals surface area contributed by atoms with Crippen molar-refractivity contribution >= 4 is 6.16 Å². The van der Waals surface area contributed by atoms with Gasteiger partial charge in [-0.25, -0.2) is 9.68 Å². The van der Waals surface area contributed by atoms with E-state index >= 15 is 0 Å². The summed E-state index contributed by atoms with van der Waals surface area (Å²) >= 11 is 0. The second kappa shape index (κ2) is 5.29. The molecule has 0 amide bonds. The molecule has 1 unspecified atom stereocenters. The van der Waals surface area contributed by atoms with Crippen LogP contribution in [0.3, 0.4) is 0 Å². The lowest BCUT2D eigenvalue weighted by Gasteiger charge is -2.29. The van der Waals surface area contributed by atoms with Crippen molar-refractivity contribution in [2.45, 2.75) is 52.4 Å². The Kier molecular flexibility index (Phi) is 4.99. The first kappa shape index (κ1) is 14.2. The first-order valence-electron chi connectivity index (χ1n) is 4.63. The Hall–Kier alpha value is -0.850. The second-order valence-electron chi connectivity index (χ2n) is 4.21. The van der Waals surface area contributed by atoms with Crippen molar-refractivity contribution < 1.29 is 29.5 Å². The van der Waals surface area contributed by atoms with Gasteiger partial charge < -0.3 is 4.74 Å². The molecule has 0 heterocycles. The lowest BCUT2D eigenvalue weighted by Crippen LogP contribution is -2.37. The fourth-order valence-corrected chi connectivity index (χ4v) is 0.556. The molecule has 6 nitrogen and oxygen atoms in total. The predicted octanol–water partition coefficient (Wildman–Crippen LogP) is 2.49. The van der Waals surface area contributed by atoms with Gasteiger partial charge in [-0.05, 0) is 20.8 Å². The molecule has 0 saturated carbocycles. The molecule has 0 bridgehead atoms. The van der Waals surface area contributed by atoms with Crippen molar-refractivity contribution in [1.29, 1.82) is 0 Å². The van der Waals surface area contributed by atoms with Gasteiger partial charge in [0.2, 0.25) is 5.79 Å². The van der Waals surface area contributed by atoms with Crippen molar-refractivity contribution in [2.24, 2.45) is 0 Å². The molecule has 90 valence electrons. The van der Waals surface area contributed by atoms with Crippen LogP contribution in [0.15, 0.2) is 0 Å². The van der Waals surface area contributed by atoms with E-state index in [0.717, 1.165) is 0 Å². The minimum absolute atomic E-state index is 0.345. The maximum Gasteiger partial charge on any atom is 0.542 e. The monoisotopic (exact) mass is 222 g/mol. The van der Waals surface area contributed by atoms with Crippen LogP contribution < -0.4 is 0 Å². The Labute approximate surface area is 88.9 Å². The van der Waals surface area contributed by atoms with Gasteiger partial charge in [-0.3, -0.25) is 4.89 Å². The zero-order valence-electron chi connectivity index (χ0n) is 9.70. The minimum Gasteiger partial charge on any atom is -0.397 e. The highest BCUT2D eigenvalue weighted by molar-refractivity contribution is 5.59. The maximum absolute atomic E-state index is 10.7. The third-order valence-corrected chi connectivity index (χ3v) is 1.48. The Morgan fingerprint density at radius 3 is 2.07 bits per heavy atom. The van der Waals surface area contributed by atoms with E-state index in [9.17, 15) is 4.79 Å². The summed E-state index contributed by atoms with van der Waals surface area (Å²) in [4.78, 5) is 24.1. The Morgan fingerprint density at radius 1 is 1.20 bits per heavy atom. The van der Waals surface area contributed by atoms with E-state index in [0.29, 0.717) is 6.42 Å². The van der Waals surface area contributed by atoms with Crippen LogP contribution in [0.4, 0.5) is 4.79 Å². The quantitative estimate of drug-likeness (QED) is 0.341. The number of hydrogen-bond acceptors (Lipinski definition) is 6. The molecule has 0 radical (unpaired) electrons. The molecule has 0 aliphatic rings. The summed E-state index contributed by atoms with van der Waals surface area (Å²) in [6, 6.07) is 0. The van der Waals surface area contributed by atoms with Crippen LogP contribution >= 0.6 is 0 Å². The third kappa shape index (κ3) is 6.27. The van der Waals surface area contributed by atoms with Gasteiger partial charge in [0.25, 0.3) is 0 Å². The van der Waals surface area contributed by atoms with Crippen LogP contribution in [0.1, 0.15) is 41.0 Å². The molecule has 0 aromatic heterocycles. The topological polar surface area (TPSA) is 74.2 Å². The summed E-state index contributed by atoms with van der Waals surface area (Å²) in [5, 5.41) is 8.05. The molecule has 0 saturated heterocycles. The molecular weight excluding hydrogens is 204 g/mol. The van der Waals surface area contributed by atoms with E-state index in [1.54, 1.807) is 27.7 Å². The molecule has 0 spiro atoms. The summed E-state index contributed by atoms with van der Waals surface area (Å²) in [5.41, 5.74) is -0.525. The highest BCUT2D eigenvalue weighted by Crippen LogP contribution is 2.21. The van der Waals surface area contributed by atoms with Gasteiger partial charge in [0.05, 0.1) is 5.60 Å². The van der Waals surface area contributed by atoms with Gasteiger partial charge in [-0.2, -0.15) is 10.1 Å². The average molecular weight is 222 g/mol. The van der Waals surface area contributed by atoms with Crippen LogP contribution in [0.2, 0.25) is 0 Å². The van der Waals surface area contributed by atoms with Gasteiger partial charge in [0.15, 0.2) is 0 Å². The summed E-state index contributed by atoms with van der Waals surface area (Å²) in [5.74, 6) is -1.28. The number of hydrogen-bond donors (Lipinski definition) is 1. The predicted molar refractivity (Wildman–Crippen MR) is 50.8 cm³/mol. The van der Waals surface area contributed by atoms with Gasteiger partial charge in [0.1, 0.15) is 0 Å². The number of carbonyl (C=O) groups is 1. The van der Waals surface area contributed by atoms with Crippen molar-refractivity contribution in [3.63, 3.8) is 0 Å². The molecular formula is C9H18O6. The molecule has 0 aliphatic heterocycles. The van der Waals surface area contributed by atoms with E-state index in [4.69, 9.17) is 15.0 Å². The zero-order valence-corrected chi connectivity index (χ0v) is 9.70. The lowest BCUT2D eigenvalue weighted by atomic mass is 10.2. The van der Waals surface area contributed by atoms with Crippen LogP contribution in [-0.2, 0) is 19.4 Å². The average Bonchev–Trinajstić information content (AvgIpc) is 2.14. The van der Waals surface area contributed by atoms with Crippen molar-refractivity contribution in [3.05, 3.63) is 0 Å². The SMILES string of the molecule is CCC(C)(OOC(C)(C)C)OC(=O)OO. The summed E-state index contributed by atoms with van der Waals surface area (Å²) in [6.45, 7) is 8.58. The maximum atomic E-state index is 10.7. The normalized spacial score (nSPS) is 15.6. The first-order valence-corrected chi connectivity index (χ1v) is 4.63. The Bertz CT molecular complexity index is 209. The Morgan fingerprint density at radius 2 is 1.73 bits per heavy atom. The molecule has 6 heteroatoms. The molecule has 0 rings (SSSR count). The van der Waals surface area contributed by atoms with E-state index in [1.807, 2.05) is 0 Å². The summed E-state index contributed by atoms with van der Waals surface area (Å²) in [6.07, 6.45) is -0.894. The van der Waals surface area contributed by atoms with Crippen molar-refractivity contribution in [3.8, 4) is 0 Å². The fraction of sp³-hybridized carbons (Fsp3) is 0.889. The molecule has 1 atom stereocenters. The van der Waals surface area contributed by atoms with Crippen LogP contribution in [0.5, 0.6) is 0 Å². The molecule has 1 N–H and O–H groups in total. The third-order valence-electron chi connectivity index (χ3n) is 1.48. The van der Waals surface area contributed by atoms with Crippen molar-refractivity contribution in [1.82, 2.24) is 0 Å². The van der Waals surface area contributed by atoms with E-state index in [1.165, 1.54) is 6.92 Å². The summed E-state index contributed by atoms with van der Waals surface area (Å²) in [7, 11) is 0. The molecule has 0 aliphatic carbocycles. The standard InChI is InChI=1S/C9H18O6/c1-6-9(5,12-7(10)13-11)15-14-8(2,3)4/h11H,6H2,1-5H3. The Balaban J connectivity index is 4.25. The smallest absolute Gasteiger partial charge is 0.397 e. The number of ether oxygens (including phenoxy) is 1. The van der Waals surface area contributed by atoms with Gasteiger partial charge in [-0.15, -0.1) is 0 Å². The van der Waals surface area contributed by atoms with Gasteiger partial charge >= 0.3 is 6.16 Å².